The summed E-state index contributed by atoms with van der Waals surface area (Å²) in [5.74, 6) is 1.07. The molecule has 0 spiro atoms. The molecule has 0 atom stereocenters. The van der Waals surface area contributed by atoms with E-state index in [0.717, 1.165) is 11.3 Å². The molecular weight excluding hydrogens is 170 g/mol. The Balaban J connectivity index is 1.76. The Kier molecular flexibility index (Phi) is 3.48. The van der Waals surface area contributed by atoms with E-state index in [-0.39, 0.29) is 0 Å². The van der Waals surface area contributed by atoms with E-state index in [2.05, 4.69) is 12.2 Å². The predicted octanol–water partition coefficient (Wildman–Crippen LogP) is 3.35. The van der Waals surface area contributed by atoms with Gasteiger partial charge in [-0.05, 0) is 50.0 Å². The average molecular weight is 195 g/mol. The van der Waals surface area contributed by atoms with E-state index in [0.29, 0.717) is 0 Å². The van der Waals surface area contributed by atoms with Gasteiger partial charge in [-0.15, -0.1) is 0 Å². The highest BCUT2D eigenvalue weighted by atomic mass is 14.9. The molecule has 0 bridgehead atoms. The van der Waals surface area contributed by atoms with Crippen molar-refractivity contribution in [3.63, 3.8) is 0 Å². The Morgan fingerprint density at radius 2 is 1.86 bits per heavy atom. The van der Waals surface area contributed by atoms with Crippen LogP contribution in [0.5, 0.6) is 0 Å². The summed E-state index contributed by atoms with van der Waals surface area (Å²) in [5.41, 5.74) is 0.760. The summed E-state index contributed by atoms with van der Waals surface area (Å²) in [6.07, 6.45) is 11.8. The maximum Gasteiger partial charge on any atom is 0.00105 e. The van der Waals surface area contributed by atoms with Crippen molar-refractivity contribution in [3.05, 3.63) is 0 Å². The van der Waals surface area contributed by atoms with Crippen LogP contribution in [0.15, 0.2) is 0 Å². The van der Waals surface area contributed by atoms with Crippen molar-refractivity contribution in [2.24, 2.45) is 11.3 Å². The zero-order valence-electron chi connectivity index (χ0n) is 9.65. The summed E-state index contributed by atoms with van der Waals surface area (Å²) in [5, 5.41) is 3.64. The molecule has 82 valence electrons. The zero-order chi connectivity index (χ0) is 9.86. The van der Waals surface area contributed by atoms with Crippen molar-refractivity contribution in [2.75, 3.05) is 13.1 Å². The fourth-order valence-electron chi connectivity index (χ4n) is 3.12. The Hall–Kier alpha value is -0.0400. The third kappa shape index (κ3) is 2.31. The monoisotopic (exact) mass is 195 g/mol. The lowest BCUT2D eigenvalue weighted by atomic mass is 9.77. The van der Waals surface area contributed by atoms with Gasteiger partial charge in [0, 0.05) is 6.54 Å². The van der Waals surface area contributed by atoms with E-state index >= 15 is 0 Å². The van der Waals surface area contributed by atoms with Gasteiger partial charge >= 0.3 is 0 Å². The fourth-order valence-corrected chi connectivity index (χ4v) is 3.12. The fraction of sp³-hybridized carbons (Fsp3) is 1.00. The molecular formula is C13H25N. The third-order valence-corrected chi connectivity index (χ3v) is 4.27. The maximum absolute atomic E-state index is 3.64. The van der Waals surface area contributed by atoms with Gasteiger partial charge in [0.25, 0.3) is 0 Å². The van der Waals surface area contributed by atoms with Crippen LogP contribution in [-0.4, -0.2) is 13.1 Å². The summed E-state index contributed by atoms with van der Waals surface area (Å²) in [6.45, 7) is 4.78. The van der Waals surface area contributed by atoms with Crippen molar-refractivity contribution in [1.29, 1.82) is 0 Å². The normalized spacial score (nSPS) is 26.4. The van der Waals surface area contributed by atoms with E-state index < -0.39 is 0 Å². The molecule has 0 heterocycles. The van der Waals surface area contributed by atoms with Gasteiger partial charge in [-0.3, -0.25) is 0 Å². The minimum atomic E-state index is 0.760. The molecule has 2 aliphatic rings. The van der Waals surface area contributed by atoms with Crippen molar-refractivity contribution >= 4 is 0 Å². The van der Waals surface area contributed by atoms with E-state index in [1.807, 2.05) is 0 Å². The van der Waals surface area contributed by atoms with Crippen LogP contribution in [-0.2, 0) is 0 Å². The van der Waals surface area contributed by atoms with Gasteiger partial charge in [0.1, 0.15) is 0 Å². The summed E-state index contributed by atoms with van der Waals surface area (Å²) in [7, 11) is 0. The molecule has 2 aliphatic carbocycles. The molecule has 1 heteroatoms. The summed E-state index contributed by atoms with van der Waals surface area (Å²) >= 11 is 0. The van der Waals surface area contributed by atoms with E-state index in [4.69, 9.17) is 0 Å². The quantitative estimate of drug-likeness (QED) is 0.663. The van der Waals surface area contributed by atoms with Crippen LogP contribution < -0.4 is 5.32 Å². The van der Waals surface area contributed by atoms with Gasteiger partial charge in [-0.25, -0.2) is 0 Å². The largest absolute Gasteiger partial charge is 0.316 e. The van der Waals surface area contributed by atoms with Crippen LogP contribution in [0, 0.1) is 11.3 Å². The lowest BCUT2D eigenvalue weighted by Crippen LogP contribution is -2.31. The summed E-state index contributed by atoms with van der Waals surface area (Å²) < 4.78 is 0. The Morgan fingerprint density at radius 1 is 1.14 bits per heavy atom. The first-order chi connectivity index (χ1) is 6.87. The Labute approximate surface area is 88.7 Å². The highest BCUT2D eigenvalue weighted by molar-refractivity contribution is 5.00. The molecule has 0 aliphatic heterocycles. The van der Waals surface area contributed by atoms with Gasteiger partial charge in [-0.2, -0.15) is 0 Å². The minimum Gasteiger partial charge on any atom is -0.316 e. The van der Waals surface area contributed by atoms with Crippen molar-refractivity contribution in [3.8, 4) is 0 Å². The molecule has 2 rings (SSSR count). The van der Waals surface area contributed by atoms with Gasteiger partial charge in [0.05, 0.1) is 0 Å². The van der Waals surface area contributed by atoms with Gasteiger partial charge in [0.2, 0.25) is 0 Å². The summed E-state index contributed by atoms with van der Waals surface area (Å²) in [6, 6.07) is 0. The number of hydrogen-bond donors (Lipinski definition) is 1. The molecule has 0 radical (unpaired) electrons. The standard InChI is InChI=1S/C13H25N/c1-2-10-14-11-13(8-9-13)12-6-4-3-5-7-12/h12,14H,2-11H2,1H3. The van der Waals surface area contributed by atoms with E-state index in [1.54, 1.807) is 0 Å². The molecule has 0 saturated heterocycles. The lowest BCUT2D eigenvalue weighted by Gasteiger charge is -2.30. The van der Waals surface area contributed by atoms with Crippen LogP contribution in [0.1, 0.15) is 58.3 Å². The van der Waals surface area contributed by atoms with Crippen LogP contribution in [0.4, 0.5) is 0 Å². The number of hydrogen-bond acceptors (Lipinski definition) is 1. The first kappa shape index (κ1) is 10.5. The topological polar surface area (TPSA) is 12.0 Å². The molecule has 14 heavy (non-hydrogen) atoms. The highest BCUT2D eigenvalue weighted by Crippen LogP contribution is 2.55. The van der Waals surface area contributed by atoms with Crippen molar-refractivity contribution in [2.45, 2.75) is 58.3 Å². The second-order valence-electron chi connectivity index (χ2n) is 5.37. The zero-order valence-corrected chi connectivity index (χ0v) is 9.65. The highest BCUT2D eigenvalue weighted by Gasteiger charge is 2.48. The van der Waals surface area contributed by atoms with Gasteiger partial charge in [-0.1, -0.05) is 26.2 Å². The molecule has 1 N–H and O–H groups in total. The molecule has 1 nitrogen and oxygen atoms in total. The summed E-state index contributed by atoms with van der Waals surface area (Å²) in [4.78, 5) is 0. The van der Waals surface area contributed by atoms with Gasteiger partial charge < -0.3 is 5.32 Å². The Morgan fingerprint density at radius 3 is 2.43 bits per heavy atom. The third-order valence-electron chi connectivity index (χ3n) is 4.27. The molecule has 0 aromatic heterocycles. The molecule has 2 saturated carbocycles. The van der Waals surface area contributed by atoms with Crippen LogP contribution >= 0.6 is 0 Å². The maximum atomic E-state index is 3.64. The molecule has 0 aromatic carbocycles. The van der Waals surface area contributed by atoms with Crippen LogP contribution in [0.3, 0.4) is 0 Å². The smallest absolute Gasteiger partial charge is 0.00105 e. The van der Waals surface area contributed by atoms with E-state index in [1.165, 1.54) is 64.5 Å². The number of rotatable bonds is 5. The first-order valence-corrected chi connectivity index (χ1v) is 6.58. The van der Waals surface area contributed by atoms with Gasteiger partial charge in [0.15, 0.2) is 0 Å². The van der Waals surface area contributed by atoms with E-state index in [9.17, 15) is 0 Å². The second kappa shape index (κ2) is 4.65. The lowest BCUT2D eigenvalue weighted by molar-refractivity contribution is 0.221. The Bertz CT molecular complexity index is 166. The van der Waals surface area contributed by atoms with Crippen LogP contribution in [0.25, 0.3) is 0 Å². The van der Waals surface area contributed by atoms with Crippen molar-refractivity contribution in [1.82, 2.24) is 5.32 Å². The SMILES string of the molecule is CCCNCC1(C2CCCCC2)CC1. The molecule has 2 fully saturated rings. The molecule has 0 amide bonds. The molecule has 0 aromatic rings. The average Bonchev–Trinajstić information content (AvgIpc) is 3.01. The minimum absolute atomic E-state index is 0.760. The van der Waals surface area contributed by atoms with Crippen molar-refractivity contribution < 1.29 is 0 Å². The second-order valence-corrected chi connectivity index (χ2v) is 5.37. The van der Waals surface area contributed by atoms with Crippen LogP contribution in [0.2, 0.25) is 0 Å². The predicted molar refractivity (Wildman–Crippen MR) is 61.4 cm³/mol. The molecule has 0 unspecified atom stereocenters. The first-order valence-electron chi connectivity index (χ1n) is 6.58. The number of nitrogens with one attached hydrogen (secondary N) is 1.